The number of fused-ring (bicyclic) bond motifs is 2. The summed E-state index contributed by atoms with van der Waals surface area (Å²) < 4.78 is 0. The Hall–Kier alpha value is -13.7. The summed E-state index contributed by atoms with van der Waals surface area (Å²) in [7, 11) is 0. The third-order valence-corrected chi connectivity index (χ3v) is 25.5. The van der Waals surface area contributed by atoms with Crippen molar-refractivity contribution in [2.45, 2.75) is 135 Å². The van der Waals surface area contributed by atoms with Gasteiger partial charge < -0.3 is 103 Å². The fraction of sp³-hybridized carbons (Fsp3) is 0.419. The number of nitrogens with two attached hydrogens (primary N) is 5. The van der Waals surface area contributed by atoms with Gasteiger partial charge in [0, 0.05) is 86.1 Å². The van der Waals surface area contributed by atoms with Crippen molar-refractivity contribution >= 4 is 92.7 Å². The van der Waals surface area contributed by atoms with Gasteiger partial charge in [-0.2, -0.15) is 0 Å². The molecule has 0 spiro atoms. The second-order valence-corrected chi connectivity index (χ2v) is 35.1. The van der Waals surface area contributed by atoms with Crippen molar-refractivity contribution in [3.63, 3.8) is 0 Å². The van der Waals surface area contributed by atoms with E-state index in [2.05, 4.69) is 25.3 Å². The quantitative estimate of drug-likeness (QED) is 0.0162. The van der Waals surface area contributed by atoms with E-state index in [4.69, 9.17) is 28.7 Å². The first-order chi connectivity index (χ1) is 66.8. The Morgan fingerprint density at radius 3 is 0.884 bits per heavy atom. The number of hydrogen-bond donors (Lipinski definition) is 9. The van der Waals surface area contributed by atoms with Gasteiger partial charge in [-0.3, -0.25) is 57.5 Å². The maximum absolute atomic E-state index is 16.0. The molecule has 10 rings (SSSR count). The van der Waals surface area contributed by atoms with Gasteiger partial charge in [0.2, 0.25) is 70.9 Å². The third kappa shape index (κ3) is 31.7. The topological polar surface area (TPSA) is 443 Å². The largest absolute Gasteiger partial charge is 0.368 e. The molecule has 33 heteroatoms. The molecule has 0 unspecified atom stereocenters. The lowest BCUT2D eigenvalue weighted by atomic mass is 10.0. The first kappa shape index (κ1) is 106. The molecule has 0 aliphatic heterocycles. The van der Waals surface area contributed by atoms with Crippen LogP contribution in [0.2, 0.25) is 0 Å². The highest BCUT2D eigenvalue weighted by atomic mass is 16.2. The Kier molecular flexibility index (Phi) is 42.7. The van der Waals surface area contributed by atoms with E-state index in [9.17, 15) is 14.4 Å². The predicted molar refractivity (Wildman–Crippen MR) is 534 cm³/mol. The first-order valence-electron chi connectivity index (χ1n) is 48.0. The zero-order valence-corrected chi connectivity index (χ0v) is 80.4. The summed E-state index contributed by atoms with van der Waals surface area (Å²) >= 11 is 0. The molecule has 736 valence electrons. The van der Waals surface area contributed by atoms with Gasteiger partial charge in [-0.05, 0) is 183 Å². The van der Waals surface area contributed by atoms with Crippen LogP contribution in [0.5, 0.6) is 0 Å². The summed E-state index contributed by atoms with van der Waals surface area (Å²) in [4.78, 5) is 212. The molecule has 5 atom stereocenters. The molecular weight excluding hydrogens is 1750 g/mol. The van der Waals surface area contributed by atoms with Crippen LogP contribution >= 0.6 is 0 Å². The molecule has 3 heterocycles. The summed E-state index contributed by atoms with van der Waals surface area (Å²) in [6.45, 7) is 4.61. The number of H-pyrrole nitrogens is 3. The molecule has 33 nitrogen and oxygen atoms in total. The predicted octanol–water partition coefficient (Wildman–Crippen LogP) is 8.35. The summed E-state index contributed by atoms with van der Waals surface area (Å²) in [6.07, 6.45) is 11.5. The highest BCUT2D eigenvalue weighted by molar-refractivity contribution is 5.96. The van der Waals surface area contributed by atoms with E-state index >= 15 is 43.2 Å². The fourth-order valence-electron chi connectivity index (χ4n) is 17.1. The average Bonchev–Trinajstić information content (AvgIpc) is 1.16. The number of hydrogen-bond acceptors (Lipinski definition) is 18. The lowest BCUT2D eigenvalue weighted by Gasteiger charge is -2.37. The van der Waals surface area contributed by atoms with Crippen molar-refractivity contribution in [1.29, 1.82) is 0 Å². The molecule has 0 saturated carbocycles. The van der Waals surface area contributed by atoms with Gasteiger partial charge in [0.05, 0.1) is 88.0 Å². The zero-order valence-electron chi connectivity index (χ0n) is 80.4. The molecule has 0 bridgehead atoms. The number of unbranched alkanes of at least 4 members (excludes halogenated alkanes) is 4. The monoisotopic (exact) mass is 1890 g/mol. The summed E-state index contributed by atoms with van der Waals surface area (Å²) in [5.41, 5.74) is 37.4. The molecule has 0 radical (unpaired) electrons. The molecule has 138 heavy (non-hydrogen) atoms. The van der Waals surface area contributed by atoms with Crippen LogP contribution in [0, 0.1) is 0 Å². The van der Waals surface area contributed by atoms with E-state index in [0.717, 1.165) is 51.3 Å². The number of carbonyl (C=O) groups excluding carboxylic acids is 12. The van der Waals surface area contributed by atoms with Gasteiger partial charge in [-0.1, -0.05) is 188 Å². The highest BCUT2D eigenvalue weighted by Gasteiger charge is 2.38. The number of imidazole rings is 1. The van der Waals surface area contributed by atoms with Crippen molar-refractivity contribution in [2.24, 2.45) is 28.7 Å². The van der Waals surface area contributed by atoms with Crippen molar-refractivity contribution in [3.05, 3.63) is 270 Å². The maximum atomic E-state index is 16.0. The fourth-order valence-corrected chi connectivity index (χ4v) is 17.1. The van der Waals surface area contributed by atoms with E-state index in [1.54, 1.807) is 82.4 Å². The van der Waals surface area contributed by atoms with Crippen LogP contribution in [0.3, 0.4) is 0 Å². The zero-order chi connectivity index (χ0) is 98.8. The molecule has 0 fully saturated rings. The number of rotatable bonds is 59. The number of primary amides is 1. The minimum Gasteiger partial charge on any atom is -0.368 e. The molecular formula is C105H139N21O12. The average molecular weight is 1890 g/mol. The van der Waals surface area contributed by atoms with Gasteiger partial charge in [-0.15, -0.1) is 0 Å². The van der Waals surface area contributed by atoms with E-state index < -0.39 is 167 Å². The molecule has 7 aromatic carbocycles. The van der Waals surface area contributed by atoms with E-state index in [0.29, 0.717) is 86.0 Å². The lowest BCUT2D eigenvalue weighted by Crippen LogP contribution is -2.53. The van der Waals surface area contributed by atoms with Crippen LogP contribution < -0.4 is 34.0 Å². The number of amides is 12. The van der Waals surface area contributed by atoms with E-state index in [1.807, 2.05) is 171 Å². The Morgan fingerprint density at radius 1 is 0.297 bits per heavy atom. The Labute approximate surface area is 809 Å². The lowest BCUT2D eigenvalue weighted by molar-refractivity contribution is -0.151. The van der Waals surface area contributed by atoms with Crippen LogP contribution in [-0.2, 0) is 76.8 Å². The number of para-hydroxylation sites is 2. The summed E-state index contributed by atoms with van der Waals surface area (Å²) in [6, 6.07) is 57.2. The molecule has 0 aliphatic carbocycles. The maximum Gasteiger partial charge on any atom is 0.243 e. The summed E-state index contributed by atoms with van der Waals surface area (Å²) in [5.74, 6) is -7.31. The molecule has 0 saturated heterocycles. The number of nitrogens with one attached hydrogen (secondary N) is 4. The number of benzene rings is 7. The molecule has 12 amide bonds. The van der Waals surface area contributed by atoms with Gasteiger partial charge in [0.15, 0.2) is 0 Å². The minimum atomic E-state index is -0.848. The minimum absolute atomic E-state index is 0.00390. The second-order valence-electron chi connectivity index (χ2n) is 35.1. The molecule has 3 aromatic heterocycles. The molecule has 0 aliphatic rings. The SMILES string of the molecule is C[C@@H](c1ccccc1)N(CC(=O)N(CCc1c[nH]cn1)CC(=O)N(CCc1c[nH]c2ccccc12)CC(=O)N(CCc1c[nH]c2ccccc12)CC(N)=O)C(=O)CN(CCCCN)C(=O)CN(CCCCN)C(=O)CN(C(=O)CN(C(=O)CN(CCCCN)C(=O)CN(C(=O)CN(C(=O)CNCCCCN)[C@@H](C)c1ccccc1)[C@@H](C)c1ccccc1)[C@@H](C)c1ccccc1)[C@@H](C)c1ccccc1. The van der Waals surface area contributed by atoms with Crippen LogP contribution in [0.15, 0.2) is 225 Å². The molecule has 10 aromatic rings. The number of aromatic amines is 3. The van der Waals surface area contributed by atoms with Crippen molar-refractivity contribution < 1.29 is 57.5 Å². The van der Waals surface area contributed by atoms with Crippen molar-refractivity contribution in [3.8, 4) is 0 Å². The third-order valence-electron chi connectivity index (χ3n) is 25.5. The number of nitrogens with zero attached hydrogens (tertiary/aromatic N) is 12. The van der Waals surface area contributed by atoms with Crippen LogP contribution in [0.1, 0.15) is 161 Å². The van der Waals surface area contributed by atoms with Crippen LogP contribution in [0.25, 0.3) is 21.8 Å². The van der Waals surface area contributed by atoms with Gasteiger partial charge in [-0.25, -0.2) is 4.98 Å². The van der Waals surface area contributed by atoms with Crippen LogP contribution in [0.4, 0.5) is 0 Å². The van der Waals surface area contributed by atoms with Crippen molar-refractivity contribution in [2.75, 3.05) is 151 Å². The van der Waals surface area contributed by atoms with Gasteiger partial charge in [0.1, 0.15) is 32.7 Å². The first-order valence-corrected chi connectivity index (χ1v) is 48.0. The summed E-state index contributed by atoms with van der Waals surface area (Å²) in [5, 5.41) is 5.06. The highest BCUT2D eigenvalue weighted by Crippen LogP contribution is 2.30. The standard InChI is InChI=1S/C105H139N21O12/c1-77(82-33-11-6-12-34-82)122(95(128)64-111-54-29-25-50-106)74-104(137)124(79(3)84-37-15-8-16-38-84)72-100(133)118(57-32-28-53-109)70-103(136)126(81(5)86-41-19-10-20-42-86)75-105(138)125(80(4)85-39-17-9-18-40-85)71-99(132)116(55-30-26-51-107)66-96(129)117(56-31-27-52-108)69-102(135)123(78(2)83-35-13-7-14-36-83)73-101(134)121(60-49-89-63-112-76-115-89)68-98(131)120(59-48-88-62-114-93-46-24-22-44-91(88)93)67-97(130)119(65-94(110)127)58-47-87-61-113-92-45-23-21-43-90(87)92/h6-24,33-46,61-63,76-81,111,113-114H,25-32,47-60,64-75,106-109H2,1-5H3,(H2,110,127)(H,112,115)/t77-,78-,79-,80-,81-/m0/s1. The number of aromatic nitrogens is 4. The van der Waals surface area contributed by atoms with Gasteiger partial charge in [0.25, 0.3) is 0 Å². The second kappa shape index (κ2) is 55.5. The number of carbonyl (C=O) groups is 12. The normalized spacial score (nSPS) is 12.3. The Balaban J connectivity index is 0.920. The Morgan fingerprint density at radius 2 is 0.565 bits per heavy atom. The molecule has 14 N–H and O–H groups in total. The van der Waals surface area contributed by atoms with Crippen LogP contribution in [-0.4, -0.2) is 295 Å². The van der Waals surface area contributed by atoms with Gasteiger partial charge >= 0.3 is 0 Å². The van der Waals surface area contributed by atoms with Crippen molar-refractivity contribution in [1.82, 2.24) is 79.2 Å². The Bertz CT molecular complexity index is 5520. The van der Waals surface area contributed by atoms with E-state index in [1.165, 1.54) is 60.2 Å². The smallest absolute Gasteiger partial charge is 0.243 e. The van der Waals surface area contributed by atoms with E-state index in [-0.39, 0.29) is 84.2 Å².